The van der Waals surface area contributed by atoms with Crippen LogP contribution in [0.25, 0.3) is 0 Å². The summed E-state index contributed by atoms with van der Waals surface area (Å²) in [6.07, 6.45) is 0. The maximum absolute atomic E-state index is 12.8. The molecule has 3 unspecified atom stereocenters. The summed E-state index contributed by atoms with van der Waals surface area (Å²) in [4.78, 5) is 4.57. The molecule has 0 saturated carbocycles. The van der Waals surface area contributed by atoms with E-state index < -0.39 is 16.3 Å². The number of nitrogens with zero attached hydrogens (tertiary/aromatic N) is 2. The first kappa shape index (κ1) is 25.0. The van der Waals surface area contributed by atoms with Crippen molar-refractivity contribution in [3.63, 3.8) is 0 Å². The van der Waals surface area contributed by atoms with E-state index in [4.69, 9.17) is 0 Å². The highest BCUT2D eigenvalue weighted by Crippen LogP contribution is 2.41. The molecule has 0 heterocycles. The second-order valence-corrected chi connectivity index (χ2v) is 9.17. The summed E-state index contributed by atoms with van der Waals surface area (Å²) < 4.78 is 23.3. The summed E-state index contributed by atoms with van der Waals surface area (Å²) in [5.41, 5.74) is 5.24. The van der Waals surface area contributed by atoms with Crippen LogP contribution in [0.1, 0.15) is 55.6 Å². The maximum atomic E-state index is 12.8. The van der Waals surface area contributed by atoms with Crippen LogP contribution in [0.15, 0.2) is 78.9 Å². The molecule has 0 spiro atoms. The Morgan fingerprint density at radius 2 is 1.03 bits per heavy atom. The van der Waals surface area contributed by atoms with Gasteiger partial charge in [0.25, 0.3) is 0 Å². The van der Waals surface area contributed by atoms with E-state index >= 15 is 0 Å². The van der Waals surface area contributed by atoms with Gasteiger partial charge in [-0.05, 0) is 68.7 Å². The fraction of sp³-hybridized carbons (Fsp3) is 0.357. The molecule has 4 nitrogen and oxygen atoms in total. The predicted octanol–water partition coefficient (Wildman–Crippen LogP) is 6.47. The molecule has 176 valence electrons. The maximum Gasteiger partial charge on any atom is 0.161 e. The molecular weight excluding hydrogens is 428 g/mol. The normalized spacial score (nSPS) is 13.8. The fourth-order valence-corrected chi connectivity index (χ4v) is 5.51. The molecule has 3 rings (SSSR count). The zero-order valence-electron chi connectivity index (χ0n) is 20.1. The summed E-state index contributed by atoms with van der Waals surface area (Å²) in [5.74, 6) is -0.234. The summed E-state index contributed by atoms with van der Waals surface area (Å²) in [6.45, 7) is 12.3. The molecule has 0 bridgehead atoms. The monoisotopic (exact) mass is 464 g/mol. The third kappa shape index (κ3) is 5.84. The Balaban J connectivity index is 2.06. The van der Waals surface area contributed by atoms with Gasteiger partial charge in [-0.1, -0.05) is 54.6 Å². The van der Waals surface area contributed by atoms with E-state index in [1.165, 1.54) is 5.69 Å². The molecule has 0 amide bonds. The Labute approximate surface area is 201 Å². The lowest BCUT2D eigenvalue weighted by atomic mass is 9.85. The van der Waals surface area contributed by atoms with Crippen molar-refractivity contribution in [2.45, 2.75) is 38.9 Å². The van der Waals surface area contributed by atoms with E-state index in [1.54, 1.807) is 0 Å². The summed E-state index contributed by atoms with van der Waals surface area (Å²) >= 11 is -2.05. The van der Waals surface area contributed by atoms with Gasteiger partial charge in [-0.3, -0.25) is 0 Å². The lowest BCUT2D eigenvalue weighted by Crippen LogP contribution is -2.22. The molecule has 0 fully saturated rings. The van der Waals surface area contributed by atoms with Gasteiger partial charge >= 0.3 is 0 Å². The molecule has 0 aliphatic heterocycles. The SMILES string of the molecule is CCN(CC)c1ccc(C(c2ccccc2)C(c2ccc(N(CC)CC)cc2)S(=O)O)cc1. The zero-order valence-corrected chi connectivity index (χ0v) is 21.0. The van der Waals surface area contributed by atoms with Gasteiger partial charge in [0, 0.05) is 43.5 Å². The van der Waals surface area contributed by atoms with Crippen molar-refractivity contribution in [2.75, 3.05) is 36.0 Å². The van der Waals surface area contributed by atoms with Crippen molar-refractivity contribution in [1.82, 2.24) is 0 Å². The van der Waals surface area contributed by atoms with Gasteiger partial charge in [0.15, 0.2) is 11.1 Å². The van der Waals surface area contributed by atoms with Gasteiger partial charge < -0.3 is 14.4 Å². The molecule has 1 N–H and O–H groups in total. The van der Waals surface area contributed by atoms with Crippen LogP contribution >= 0.6 is 0 Å². The molecule has 5 heteroatoms. The quantitative estimate of drug-likeness (QED) is 0.330. The van der Waals surface area contributed by atoms with Gasteiger partial charge in [0.05, 0.1) is 5.25 Å². The number of anilines is 2. The first-order valence-corrected chi connectivity index (χ1v) is 13.0. The highest BCUT2D eigenvalue weighted by atomic mass is 32.2. The second kappa shape index (κ2) is 12.0. The van der Waals surface area contributed by atoms with E-state index in [-0.39, 0.29) is 5.92 Å². The van der Waals surface area contributed by atoms with Crippen molar-refractivity contribution >= 4 is 22.5 Å². The van der Waals surface area contributed by atoms with Crippen molar-refractivity contribution in [3.05, 3.63) is 95.6 Å². The van der Waals surface area contributed by atoms with Crippen LogP contribution in [0.2, 0.25) is 0 Å². The molecule has 0 aliphatic carbocycles. The largest absolute Gasteiger partial charge is 0.372 e. The third-order valence-electron chi connectivity index (χ3n) is 6.41. The molecule has 33 heavy (non-hydrogen) atoms. The first-order valence-electron chi connectivity index (χ1n) is 11.9. The van der Waals surface area contributed by atoms with Crippen molar-refractivity contribution < 1.29 is 8.76 Å². The molecule has 3 aromatic carbocycles. The summed E-state index contributed by atoms with van der Waals surface area (Å²) in [7, 11) is 0. The van der Waals surface area contributed by atoms with Crippen molar-refractivity contribution in [2.24, 2.45) is 0 Å². The highest BCUT2D eigenvalue weighted by molar-refractivity contribution is 7.79. The minimum absolute atomic E-state index is 0.234. The van der Waals surface area contributed by atoms with Gasteiger partial charge in [-0.15, -0.1) is 0 Å². The number of benzene rings is 3. The second-order valence-electron chi connectivity index (χ2n) is 8.11. The summed E-state index contributed by atoms with van der Waals surface area (Å²) in [6, 6.07) is 26.7. The van der Waals surface area contributed by atoms with Crippen LogP contribution in [0.5, 0.6) is 0 Å². The van der Waals surface area contributed by atoms with Crippen LogP contribution in [-0.2, 0) is 11.1 Å². The molecule has 3 atom stereocenters. The predicted molar refractivity (Wildman–Crippen MR) is 142 cm³/mol. The Hall–Kier alpha value is -2.63. The van der Waals surface area contributed by atoms with E-state index in [0.29, 0.717) is 0 Å². The van der Waals surface area contributed by atoms with Gasteiger partial charge in [0.2, 0.25) is 0 Å². The van der Waals surface area contributed by atoms with E-state index in [1.807, 2.05) is 42.5 Å². The molecule has 3 aromatic rings. The van der Waals surface area contributed by atoms with Gasteiger partial charge in [-0.25, -0.2) is 4.21 Å². The van der Waals surface area contributed by atoms with Crippen LogP contribution in [-0.4, -0.2) is 34.9 Å². The van der Waals surface area contributed by atoms with Gasteiger partial charge in [-0.2, -0.15) is 0 Å². The zero-order chi connectivity index (χ0) is 23.8. The van der Waals surface area contributed by atoms with E-state index in [0.717, 1.165) is 48.6 Å². The molecule has 0 radical (unpaired) electrons. The average molecular weight is 465 g/mol. The lowest BCUT2D eigenvalue weighted by molar-refractivity contribution is 0.540. The number of hydrogen-bond donors (Lipinski definition) is 1. The third-order valence-corrected chi connectivity index (χ3v) is 7.39. The smallest absolute Gasteiger partial charge is 0.161 e. The molecule has 0 aliphatic rings. The highest BCUT2D eigenvalue weighted by Gasteiger charge is 2.31. The number of hydrogen-bond acceptors (Lipinski definition) is 3. The van der Waals surface area contributed by atoms with Gasteiger partial charge in [0.1, 0.15) is 0 Å². The standard InChI is InChI=1S/C28H36N2O2S/c1-5-29(6-2)25-18-14-23(15-19-25)27(22-12-10-9-11-13-22)28(33(31)32)24-16-20-26(21-17-24)30(7-3)8-4/h9-21,27-28H,5-8H2,1-4H3,(H,31,32). The fourth-order valence-electron chi connectivity index (χ4n) is 4.57. The first-order chi connectivity index (χ1) is 16.0. The van der Waals surface area contributed by atoms with Crippen LogP contribution < -0.4 is 9.80 Å². The Morgan fingerprint density at radius 1 is 0.636 bits per heavy atom. The topological polar surface area (TPSA) is 43.8 Å². The minimum atomic E-state index is -2.05. The van der Waals surface area contributed by atoms with Crippen molar-refractivity contribution in [1.29, 1.82) is 0 Å². The molecular formula is C28H36N2O2S. The lowest BCUT2D eigenvalue weighted by Gasteiger charge is -2.28. The van der Waals surface area contributed by atoms with Crippen LogP contribution in [0.4, 0.5) is 11.4 Å². The number of rotatable bonds is 11. The van der Waals surface area contributed by atoms with Crippen molar-refractivity contribution in [3.8, 4) is 0 Å². The van der Waals surface area contributed by atoms with E-state index in [9.17, 15) is 8.76 Å². The Bertz CT molecular complexity index is 998. The molecule has 0 saturated heterocycles. The minimum Gasteiger partial charge on any atom is -0.372 e. The summed E-state index contributed by atoms with van der Waals surface area (Å²) in [5, 5.41) is -0.572. The Kier molecular flexibility index (Phi) is 9.10. The van der Waals surface area contributed by atoms with Crippen LogP contribution in [0.3, 0.4) is 0 Å². The Morgan fingerprint density at radius 3 is 1.42 bits per heavy atom. The van der Waals surface area contributed by atoms with E-state index in [2.05, 4.69) is 73.9 Å². The molecule has 0 aromatic heterocycles. The van der Waals surface area contributed by atoms with Crippen LogP contribution in [0, 0.1) is 0 Å². The average Bonchev–Trinajstić information content (AvgIpc) is 2.85.